The molecule has 0 radical (unpaired) electrons. The Morgan fingerprint density at radius 3 is 2.50 bits per heavy atom. The molecule has 0 saturated carbocycles. The van der Waals surface area contributed by atoms with Crippen molar-refractivity contribution in [3.63, 3.8) is 0 Å². The van der Waals surface area contributed by atoms with Crippen molar-refractivity contribution in [1.29, 1.82) is 0 Å². The first-order chi connectivity index (χ1) is 9.51. The number of hydrogen-bond acceptors (Lipinski definition) is 2. The molecule has 0 fully saturated rings. The number of halogens is 1. The molecule has 0 unspecified atom stereocenters. The normalized spacial score (nSPS) is 10.9. The topological polar surface area (TPSA) is 22.1 Å². The summed E-state index contributed by atoms with van der Waals surface area (Å²) in [6.07, 6.45) is 1.85. The Morgan fingerprint density at radius 2 is 1.90 bits per heavy atom. The van der Waals surface area contributed by atoms with Crippen LogP contribution in [-0.2, 0) is 5.33 Å². The maximum atomic E-state index is 6.00. The Kier molecular flexibility index (Phi) is 4.81. The van der Waals surface area contributed by atoms with Crippen LogP contribution in [0.1, 0.15) is 42.0 Å². The third-order valence-corrected chi connectivity index (χ3v) is 3.97. The molecule has 2 nitrogen and oxygen atoms in total. The molecule has 0 spiro atoms. The van der Waals surface area contributed by atoms with E-state index in [1.165, 1.54) is 5.56 Å². The van der Waals surface area contributed by atoms with Crippen LogP contribution >= 0.6 is 15.9 Å². The van der Waals surface area contributed by atoms with E-state index in [-0.39, 0.29) is 0 Å². The van der Waals surface area contributed by atoms with Gasteiger partial charge in [-0.3, -0.25) is 0 Å². The maximum absolute atomic E-state index is 6.00. The molecule has 106 valence electrons. The summed E-state index contributed by atoms with van der Waals surface area (Å²) in [5, 5.41) is 0.809. The van der Waals surface area contributed by atoms with Gasteiger partial charge in [-0.1, -0.05) is 41.9 Å². The van der Waals surface area contributed by atoms with Gasteiger partial charge in [0.1, 0.15) is 5.75 Å². The van der Waals surface area contributed by atoms with Crippen molar-refractivity contribution in [2.75, 3.05) is 0 Å². The van der Waals surface area contributed by atoms with Crippen molar-refractivity contribution in [2.24, 2.45) is 0 Å². The van der Waals surface area contributed by atoms with Crippen LogP contribution in [0.2, 0.25) is 0 Å². The van der Waals surface area contributed by atoms with E-state index in [0.29, 0.717) is 11.8 Å². The van der Waals surface area contributed by atoms with Gasteiger partial charge in [-0.05, 0) is 48.6 Å². The molecular formula is C17H20BrNO. The summed E-state index contributed by atoms with van der Waals surface area (Å²) in [6, 6.07) is 8.46. The third kappa shape index (κ3) is 3.40. The number of aromatic nitrogens is 1. The number of rotatable bonds is 4. The van der Waals surface area contributed by atoms with Crippen molar-refractivity contribution in [3.8, 4) is 11.6 Å². The van der Waals surface area contributed by atoms with E-state index < -0.39 is 0 Å². The Bertz CT molecular complexity index is 608. The van der Waals surface area contributed by atoms with E-state index in [1.54, 1.807) is 0 Å². The van der Waals surface area contributed by atoms with Crippen molar-refractivity contribution in [2.45, 2.75) is 38.9 Å². The second-order valence-corrected chi connectivity index (χ2v) is 5.94. The predicted molar refractivity (Wildman–Crippen MR) is 86.9 cm³/mol. The average molecular weight is 334 g/mol. The standard InChI is InChI=1S/C17H20BrNO/c1-11(2)15-6-5-12(3)16(8-15)20-17-13(4)7-14(9-18)10-19-17/h5-8,10-11H,9H2,1-4H3. The largest absolute Gasteiger partial charge is 0.438 e. The monoisotopic (exact) mass is 333 g/mol. The van der Waals surface area contributed by atoms with Crippen LogP contribution in [0.3, 0.4) is 0 Å². The summed E-state index contributed by atoms with van der Waals surface area (Å²) < 4.78 is 6.00. The number of benzene rings is 1. The maximum Gasteiger partial charge on any atom is 0.222 e. The van der Waals surface area contributed by atoms with Crippen LogP contribution in [0.5, 0.6) is 11.6 Å². The van der Waals surface area contributed by atoms with Gasteiger partial charge in [0.25, 0.3) is 0 Å². The lowest BCUT2D eigenvalue weighted by Crippen LogP contribution is -1.96. The minimum atomic E-state index is 0.489. The molecule has 0 atom stereocenters. The van der Waals surface area contributed by atoms with E-state index >= 15 is 0 Å². The highest BCUT2D eigenvalue weighted by molar-refractivity contribution is 9.08. The molecule has 1 heterocycles. The average Bonchev–Trinajstić information content (AvgIpc) is 2.42. The first-order valence-corrected chi connectivity index (χ1v) is 7.93. The van der Waals surface area contributed by atoms with Crippen LogP contribution in [0.15, 0.2) is 30.5 Å². The molecule has 3 heteroatoms. The zero-order chi connectivity index (χ0) is 14.7. The molecule has 0 bridgehead atoms. The van der Waals surface area contributed by atoms with Crippen molar-refractivity contribution >= 4 is 15.9 Å². The van der Waals surface area contributed by atoms with Crippen molar-refractivity contribution in [1.82, 2.24) is 4.98 Å². The van der Waals surface area contributed by atoms with Gasteiger partial charge in [-0.25, -0.2) is 4.98 Å². The number of nitrogens with zero attached hydrogens (tertiary/aromatic N) is 1. The Labute approximate surface area is 129 Å². The molecule has 1 aromatic carbocycles. The minimum Gasteiger partial charge on any atom is -0.438 e. The summed E-state index contributed by atoms with van der Waals surface area (Å²) in [7, 11) is 0. The van der Waals surface area contributed by atoms with Gasteiger partial charge in [0, 0.05) is 17.1 Å². The van der Waals surface area contributed by atoms with Crippen LogP contribution in [0.4, 0.5) is 0 Å². The number of ether oxygens (including phenoxy) is 1. The van der Waals surface area contributed by atoms with E-state index in [2.05, 4.69) is 66.0 Å². The lowest BCUT2D eigenvalue weighted by Gasteiger charge is -2.13. The minimum absolute atomic E-state index is 0.489. The van der Waals surface area contributed by atoms with Gasteiger partial charge in [-0.2, -0.15) is 0 Å². The molecule has 0 aliphatic carbocycles. The van der Waals surface area contributed by atoms with E-state index in [1.807, 2.05) is 13.1 Å². The van der Waals surface area contributed by atoms with Gasteiger partial charge < -0.3 is 4.74 Å². The summed E-state index contributed by atoms with van der Waals surface area (Å²) in [4.78, 5) is 4.41. The lowest BCUT2D eigenvalue weighted by atomic mass is 10.0. The first kappa shape index (κ1) is 15.0. The summed E-state index contributed by atoms with van der Waals surface area (Å²) in [5.74, 6) is 2.06. The Morgan fingerprint density at radius 1 is 1.15 bits per heavy atom. The van der Waals surface area contributed by atoms with Crippen molar-refractivity contribution < 1.29 is 4.74 Å². The molecule has 0 aliphatic rings. The molecule has 0 amide bonds. The molecule has 2 rings (SSSR count). The molecule has 20 heavy (non-hydrogen) atoms. The Balaban J connectivity index is 2.32. The van der Waals surface area contributed by atoms with E-state index in [9.17, 15) is 0 Å². The van der Waals surface area contributed by atoms with E-state index in [4.69, 9.17) is 4.74 Å². The van der Waals surface area contributed by atoms with Crippen LogP contribution in [0.25, 0.3) is 0 Å². The quantitative estimate of drug-likeness (QED) is 0.688. The van der Waals surface area contributed by atoms with Crippen LogP contribution in [0, 0.1) is 13.8 Å². The van der Waals surface area contributed by atoms with Gasteiger partial charge in [0.15, 0.2) is 0 Å². The Hall–Kier alpha value is -1.35. The number of aryl methyl sites for hydroxylation is 2. The highest BCUT2D eigenvalue weighted by Crippen LogP contribution is 2.29. The van der Waals surface area contributed by atoms with Gasteiger partial charge in [-0.15, -0.1) is 0 Å². The zero-order valence-electron chi connectivity index (χ0n) is 12.4. The van der Waals surface area contributed by atoms with Crippen LogP contribution < -0.4 is 4.74 Å². The molecule has 0 saturated heterocycles. The predicted octanol–water partition coefficient (Wildman–Crippen LogP) is 5.51. The summed E-state index contributed by atoms with van der Waals surface area (Å²) in [5.41, 5.74) is 4.61. The fraction of sp³-hybridized carbons (Fsp3) is 0.353. The fourth-order valence-electron chi connectivity index (χ4n) is 1.99. The van der Waals surface area contributed by atoms with Gasteiger partial charge >= 0.3 is 0 Å². The van der Waals surface area contributed by atoms with Crippen LogP contribution in [-0.4, -0.2) is 4.98 Å². The number of hydrogen-bond donors (Lipinski definition) is 0. The van der Waals surface area contributed by atoms with Gasteiger partial charge in [0.05, 0.1) is 0 Å². The second kappa shape index (κ2) is 6.40. The highest BCUT2D eigenvalue weighted by Gasteiger charge is 2.09. The first-order valence-electron chi connectivity index (χ1n) is 6.81. The SMILES string of the molecule is Cc1ccc(C(C)C)cc1Oc1ncc(CBr)cc1C. The number of pyridine rings is 1. The molecule has 1 aromatic heterocycles. The third-order valence-electron chi connectivity index (χ3n) is 3.33. The summed E-state index contributed by atoms with van der Waals surface area (Å²) >= 11 is 3.44. The fourth-order valence-corrected chi connectivity index (χ4v) is 2.30. The van der Waals surface area contributed by atoms with Crippen molar-refractivity contribution in [3.05, 3.63) is 52.7 Å². The smallest absolute Gasteiger partial charge is 0.222 e. The number of alkyl halides is 1. The van der Waals surface area contributed by atoms with E-state index in [0.717, 1.165) is 27.8 Å². The van der Waals surface area contributed by atoms with Gasteiger partial charge in [0.2, 0.25) is 5.88 Å². The summed E-state index contributed by atoms with van der Waals surface area (Å²) in [6.45, 7) is 8.45. The zero-order valence-corrected chi connectivity index (χ0v) is 14.0. The highest BCUT2D eigenvalue weighted by atomic mass is 79.9. The molecule has 2 aromatic rings. The second-order valence-electron chi connectivity index (χ2n) is 5.38. The molecule has 0 N–H and O–H groups in total. The molecule has 0 aliphatic heterocycles. The molecular weight excluding hydrogens is 314 g/mol. The lowest BCUT2D eigenvalue weighted by molar-refractivity contribution is 0.454.